The van der Waals surface area contributed by atoms with Gasteiger partial charge in [-0.25, -0.2) is 9.48 Å². The number of carboxylic acids is 1. The highest BCUT2D eigenvalue weighted by molar-refractivity contribution is 5.88. The van der Waals surface area contributed by atoms with Crippen LogP contribution in [0.15, 0.2) is 24.4 Å². The van der Waals surface area contributed by atoms with Crippen molar-refractivity contribution in [2.75, 3.05) is 7.11 Å². The van der Waals surface area contributed by atoms with Gasteiger partial charge < -0.3 is 9.84 Å². The van der Waals surface area contributed by atoms with Crippen molar-refractivity contribution in [3.8, 4) is 11.4 Å². The lowest BCUT2D eigenvalue weighted by Crippen LogP contribution is -1.99. The summed E-state index contributed by atoms with van der Waals surface area (Å²) in [5, 5.41) is 13.2. The number of aromatic carboxylic acids is 1. The van der Waals surface area contributed by atoms with Crippen molar-refractivity contribution in [3.63, 3.8) is 0 Å². The Hall–Kier alpha value is -2.30. The Kier molecular flexibility index (Phi) is 3.06. The first kappa shape index (κ1) is 12.2. The van der Waals surface area contributed by atoms with E-state index in [1.807, 2.05) is 25.1 Å². The summed E-state index contributed by atoms with van der Waals surface area (Å²) >= 11 is 0. The number of carbonyl (C=O) groups is 1. The van der Waals surface area contributed by atoms with Gasteiger partial charge in [-0.1, -0.05) is 6.07 Å². The molecule has 0 bridgehead atoms. The predicted octanol–water partition coefficient (Wildman–Crippen LogP) is 2.20. The highest BCUT2D eigenvalue weighted by Crippen LogP contribution is 2.24. The van der Waals surface area contributed by atoms with Crippen molar-refractivity contribution in [3.05, 3.63) is 41.2 Å². The van der Waals surface area contributed by atoms with Gasteiger partial charge in [-0.3, -0.25) is 0 Å². The summed E-state index contributed by atoms with van der Waals surface area (Å²) in [5.74, 6) is -0.328. The molecule has 1 N–H and O–H groups in total. The van der Waals surface area contributed by atoms with Crippen LogP contribution in [0.3, 0.4) is 0 Å². The van der Waals surface area contributed by atoms with Gasteiger partial charge in [-0.05, 0) is 31.5 Å². The lowest BCUT2D eigenvalue weighted by molar-refractivity contribution is 0.0696. The van der Waals surface area contributed by atoms with Crippen LogP contribution >= 0.6 is 0 Å². The molecule has 0 radical (unpaired) electrons. The Balaban J connectivity index is 2.58. The van der Waals surface area contributed by atoms with E-state index in [2.05, 4.69) is 5.10 Å². The second kappa shape index (κ2) is 4.52. The molecular weight excluding hydrogens is 232 g/mol. The largest absolute Gasteiger partial charge is 0.494 e. The topological polar surface area (TPSA) is 64.3 Å². The van der Waals surface area contributed by atoms with E-state index in [1.165, 1.54) is 10.9 Å². The quantitative estimate of drug-likeness (QED) is 0.901. The average molecular weight is 246 g/mol. The zero-order valence-electron chi connectivity index (χ0n) is 10.5. The third-order valence-corrected chi connectivity index (χ3v) is 2.71. The van der Waals surface area contributed by atoms with Crippen molar-refractivity contribution in [1.82, 2.24) is 9.78 Å². The number of aryl methyl sites for hydroxylation is 2. The number of aromatic nitrogens is 2. The highest BCUT2D eigenvalue weighted by atomic mass is 16.5. The SMILES string of the molecule is COc1ccc(C)cc1-n1cc(C(=O)O)c(C)n1. The Morgan fingerprint density at radius 1 is 1.39 bits per heavy atom. The Morgan fingerprint density at radius 2 is 2.11 bits per heavy atom. The molecule has 2 rings (SSSR count). The molecule has 0 aliphatic carbocycles. The minimum absolute atomic E-state index is 0.193. The third-order valence-electron chi connectivity index (χ3n) is 2.71. The van der Waals surface area contributed by atoms with E-state index >= 15 is 0 Å². The zero-order valence-corrected chi connectivity index (χ0v) is 10.5. The molecule has 1 aromatic carbocycles. The first-order valence-corrected chi connectivity index (χ1v) is 5.47. The number of rotatable bonds is 3. The number of methoxy groups -OCH3 is 1. The molecule has 94 valence electrons. The minimum Gasteiger partial charge on any atom is -0.494 e. The number of carboxylic acid groups (broad SMARTS) is 1. The number of hydrogen-bond donors (Lipinski definition) is 1. The molecule has 0 saturated heterocycles. The summed E-state index contributed by atoms with van der Waals surface area (Å²) in [7, 11) is 1.57. The van der Waals surface area contributed by atoms with E-state index in [1.54, 1.807) is 14.0 Å². The third kappa shape index (κ3) is 2.07. The molecule has 2 aromatic rings. The van der Waals surface area contributed by atoms with E-state index in [0.29, 0.717) is 11.4 Å². The van der Waals surface area contributed by atoms with E-state index in [9.17, 15) is 4.79 Å². The molecule has 0 unspecified atom stereocenters. The summed E-state index contributed by atoms with van der Waals surface area (Å²) < 4.78 is 6.79. The van der Waals surface area contributed by atoms with Gasteiger partial charge in [-0.2, -0.15) is 5.10 Å². The maximum absolute atomic E-state index is 11.0. The molecule has 0 saturated carbocycles. The molecule has 0 spiro atoms. The van der Waals surface area contributed by atoms with Crippen LogP contribution in [-0.4, -0.2) is 28.0 Å². The molecule has 0 aliphatic heterocycles. The van der Waals surface area contributed by atoms with Gasteiger partial charge >= 0.3 is 5.97 Å². The smallest absolute Gasteiger partial charge is 0.339 e. The van der Waals surface area contributed by atoms with Crippen molar-refractivity contribution in [1.29, 1.82) is 0 Å². The van der Waals surface area contributed by atoms with Crippen LogP contribution < -0.4 is 4.74 Å². The molecule has 1 aromatic heterocycles. The lowest BCUT2D eigenvalue weighted by atomic mass is 10.2. The number of hydrogen-bond acceptors (Lipinski definition) is 3. The van der Waals surface area contributed by atoms with E-state index in [4.69, 9.17) is 9.84 Å². The molecule has 5 heteroatoms. The average Bonchev–Trinajstić information content (AvgIpc) is 2.71. The second-order valence-corrected chi connectivity index (χ2v) is 4.05. The number of ether oxygens (including phenoxy) is 1. The molecule has 0 fully saturated rings. The normalized spacial score (nSPS) is 10.4. The Bertz CT molecular complexity index is 602. The summed E-state index contributed by atoms with van der Waals surface area (Å²) in [5.41, 5.74) is 2.45. The van der Waals surface area contributed by atoms with Crippen LogP contribution in [0.4, 0.5) is 0 Å². The van der Waals surface area contributed by atoms with E-state index in [-0.39, 0.29) is 5.56 Å². The number of benzene rings is 1. The predicted molar refractivity (Wildman–Crippen MR) is 66.5 cm³/mol. The van der Waals surface area contributed by atoms with Gasteiger partial charge in [0, 0.05) is 6.20 Å². The summed E-state index contributed by atoms with van der Waals surface area (Å²) in [6.07, 6.45) is 1.50. The van der Waals surface area contributed by atoms with Gasteiger partial charge in [0.1, 0.15) is 17.0 Å². The van der Waals surface area contributed by atoms with Crippen LogP contribution in [0.25, 0.3) is 5.69 Å². The van der Waals surface area contributed by atoms with Crippen LogP contribution in [0.5, 0.6) is 5.75 Å². The molecular formula is C13H14N2O3. The van der Waals surface area contributed by atoms with Crippen molar-refractivity contribution >= 4 is 5.97 Å². The van der Waals surface area contributed by atoms with Crippen LogP contribution in [0, 0.1) is 13.8 Å². The Labute approximate surface area is 105 Å². The fourth-order valence-electron chi connectivity index (χ4n) is 1.77. The van der Waals surface area contributed by atoms with Gasteiger partial charge in [0.05, 0.1) is 12.8 Å². The van der Waals surface area contributed by atoms with E-state index in [0.717, 1.165) is 11.3 Å². The highest BCUT2D eigenvalue weighted by Gasteiger charge is 2.14. The van der Waals surface area contributed by atoms with Gasteiger partial charge in [0.15, 0.2) is 0 Å². The summed E-state index contributed by atoms with van der Waals surface area (Å²) in [4.78, 5) is 11.0. The first-order chi connectivity index (χ1) is 8.52. The molecule has 0 aliphatic rings. The van der Waals surface area contributed by atoms with Gasteiger partial charge in [0.2, 0.25) is 0 Å². The molecule has 18 heavy (non-hydrogen) atoms. The lowest BCUT2D eigenvalue weighted by Gasteiger charge is -2.09. The molecule has 0 amide bonds. The molecule has 1 heterocycles. The van der Waals surface area contributed by atoms with Crippen LogP contribution in [0.2, 0.25) is 0 Å². The standard InChI is InChI=1S/C13H14N2O3/c1-8-4-5-12(18-3)11(6-8)15-7-10(13(16)17)9(2)14-15/h4-7H,1-3H3,(H,16,17). The zero-order chi connectivity index (χ0) is 13.3. The molecule has 0 atom stereocenters. The minimum atomic E-state index is -0.981. The monoisotopic (exact) mass is 246 g/mol. The maximum atomic E-state index is 11.0. The van der Waals surface area contributed by atoms with Gasteiger partial charge in [0.25, 0.3) is 0 Å². The van der Waals surface area contributed by atoms with Crippen molar-refractivity contribution in [2.24, 2.45) is 0 Å². The first-order valence-electron chi connectivity index (χ1n) is 5.47. The Morgan fingerprint density at radius 3 is 2.67 bits per heavy atom. The van der Waals surface area contributed by atoms with Crippen LogP contribution in [0.1, 0.15) is 21.6 Å². The van der Waals surface area contributed by atoms with Gasteiger partial charge in [-0.15, -0.1) is 0 Å². The van der Waals surface area contributed by atoms with Crippen molar-refractivity contribution < 1.29 is 14.6 Å². The fraction of sp³-hybridized carbons (Fsp3) is 0.231. The summed E-state index contributed by atoms with van der Waals surface area (Å²) in [6.45, 7) is 3.62. The van der Waals surface area contributed by atoms with Crippen LogP contribution in [-0.2, 0) is 0 Å². The maximum Gasteiger partial charge on any atom is 0.339 e. The van der Waals surface area contributed by atoms with Crippen molar-refractivity contribution in [2.45, 2.75) is 13.8 Å². The number of nitrogens with zero attached hydrogens (tertiary/aromatic N) is 2. The summed E-state index contributed by atoms with van der Waals surface area (Å²) in [6, 6.07) is 5.66. The molecule has 5 nitrogen and oxygen atoms in total. The second-order valence-electron chi connectivity index (χ2n) is 4.05. The van der Waals surface area contributed by atoms with E-state index < -0.39 is 5.97 Å². The fourth-order valence-corrected chi connectivity index (χ4v) is 1.77.